The van der Waals surface area contributed by atoms with Gasteiger partial charge in [-0.1, -0.05) is 41.9 Å². The zero-order valence-electron chi connectivity index (χ0n) is 19.4. The fourth-order valence-electron chi connectivity index (χ4n) is 5.02. The van der Waals surface area contributed by atoms with Gasteiger partial charge in [0.05, 0.1) is 10.7 Å². The van der Waals surface area contributed by atoms with Crippen LogP contribution < -0.4 is 15.5 Å². The summed E-state index contributed by atoms with van der Waals surface area (Å²) < 4.78 is 0. The minimum absolute atomic E-state index is 0.0331. The van der Waals surface area contributed by atoms with E-state index >= 15 is 0 Å². The third kappa shape index (κ3) is 4.25. The van der Waals surface area contributed by atoms with Gasteiger partial charge in [-0.15, -0.1) is 0 Å². The highest BCUT2D eigenvalue weighted by atomic mass is 35.5. The van der Waals surface area contributed by atoms with Crippen LogP contribution in [0.1, 0.15) is 23.6 Å². The molecule has 7 heteroatoms. The van der Waals surface area contributed by atoms with E-state index in [1.165, 1.54) is 10.5 Å². The fraction of sp³-hybridized carbons (Fsp3) is 0.296. The van der Waals surface area contributed by atoms with Crippen molar-refractivity contribution < 1.29 is 9.90 Å². The number of benzene rings is 3. The Morgan fingerprint density at radius 3 is 2.71 bits per heavy atom. The molecule has 0 spiro atoms. The molecule has 1 saturated heterocycles. The first-order valence-electron chi connectivity index (χ1n) is 11.7. The Hall–Kier alpha value is -3.06. The largest absolute Gasteiger partial charge is 0.506 e. The standard InChI is InChI=1S/C27H29ClN4O2/c1-17-6-3-4-7-20(17)21-12-19(16-31-11-10-29-18(2)15-31)13-24-22(21)14-30-27(34)32(24)26-23(28)8-5-9-25(26)33/h3-9,12-13,18,29,33H,10-11,14-16H2,1-2H3,(H,30,34). The average Bonchev–Trinajstić information content (AvgIpc) is 2.80. The van der Waals surface area contributed by atoms with Gasteiger partial charge in [-0.3, -0.25) is 9.80 Å². The monoisotopic (exact) mass is 476 g/mol. The number of hydrogen-bond acceptors (Lipinski definition) is 4. The van der Waals surface area contributed by atoms with Gasteiger partial charge in [0.2, 0.25) is 0 Å². The number of urea groups is 1. The Kier molecular flexibility index (Phi) is 6.21. The van der Waals surface area contributed by atoms with Gasteiger partial charge in [0.25, 0.3) is 0 Å². The summed E-state index contributed by atoms with van der Waals surface area (Å²) in [4.78, 5) is 17.1. The van der Waals surface area contributed by atoms with Gasteiger partial charge >= 0.3 is 6.03 Å². The highest BCUT2D eigenvalue weighted by Crippen LogP contribution is 2.45. The lowest BCUT2D eigenvalue weighted by molar-refractivity contribution is 0.199. The van der Waals surface area contributed by atoms with E-state index in [9.17, 15) is 9.90 Å². The van der Waals surface area contributed by atoms with E-state index in [0.29, 0.717) is 23.3 Å². The number of amides is 2. The quantitative estimate of drug-likeness (QED) is 0.485. The van der Waals surface area contributed by atoms with Gasteiger partial charge in [-0.05, 0) is 60.4 Å². The molecule has 176 valence electrons. The molecule has 2 heterocycles. The molecule has 3 aromatic rings. The second-order valence-electron chi connectivity index (χ2n) is 9.15. The van der Waals surface area contributed by atoms with Crippen molar-refractivity contribution >= 4 is 29.0 Å². The number of carbonyl (C=O) groups excluding carboxylic acids is 1. The number of phenolic OH excluding ortho intramolecular Hbond substituents is 1. The van der Waals surface area contributed by atoms with Crippen molar-refractivity contribution in [3.05, 3.63) is 76.3 Å². The van der Waals surface area contributed by atoms with Crippen LogP contribution in [-0.4, -0.2) is 41.7 Å². The van der Waals surface area contributed by atoms with Crippen LogP contribution in [-0.2, 0) is 13.1 Å². The molecule has 1 unspecified atom stereocenters. The number of carbonyl (C=O) groups is 1. The molecule has 0 bridgehead atoms. The van der Waals surface area contributed by atoms with E-state index < -0.39 is 0 Å². The number of aromatic hydroxyl groups is 1. The topological polar surface area (TPSA) is 67.8 Å². The zero-order valence-corrected chi connectivity index (χ0v) is 20.2. The molecule has 0 aliphatic carbocycles. The molecule has 0 saturated carbocycles. The van der Waals surface area contributed by atoms with Gasteiger partial charge in [0, 0.05) is 44.3 Å². The number of rotatable bonds is 4. The molecule has 3 aromatic carbocycles. The number of hydrogen-bond donors (Lipinski definition) is 3. The maximum atomic E-state index is 13.1. The molecule has 6 nitrogen and oxygen atoms in total. The van der Waals surface area contributed by atoms with Gasteiger partial charge in [-0.2, -0.15) is 0 Å². The van der Waals surface area contributed by atoms with Crippen molar-refractivity contribution in [1.82, 2.24) is 15.5 Å². The molecule has 3 N–H and O–H groups in total. The highest BCUT2D eigenvalue weighted by Gasteiger charge is 2.32. The van der Waals surface area contributed by atoms with E-state index in [2.05, 4.69) is 53.6 Å². The highest BCUT2D eigenvalue weighted by molar-refractivity contribution is 6.34. The minimum atomic E-state index is -0.306. The number of nitrogens with zero attached hydrogens (tertiary/aromatic N) is 2. The van der Waals surface area contributed by atoms with Gasteiger partial charge in [0.15, 0.2) is 0 Å². The molecular formula is C27H29ClN4O2. The van der Waals surface area contributed by atoms with Crippen molar-refractivity contribution in [2.24, 2.45) is 0 Å². The number of piperazine rings is 1. The number of phenols is 1. The Morgan fingerprint density at radius 1 is 1.12 bits per heavy atom. The number of fused-ring (bicyclic) bond motifs is 1. The van der Waals surface area contributed by atoms with E-state index in [4.69, 9.17) is 11.6 Å². The molecule has 5 rings (SSSR count). The lowest BCUT2D eigenvalue weighted by Crippen LogP contribution is -2.48. The van der Waals surface area contributed by atoms with Crippen LogP contribution in [0.5, 0.6) is 5.75 Å². The smallest absolute Gasteiger partial charge is 0.326 e. The van der Waals surface area contributed by atoms with E-state index in [0.717, 1.165) is 54.1 Å². The first kappa shape index (κ1) is 22.7. The summed E-state index contributed by atoms with van der Waals surface area (Å²) >= 11 is 6.49. The van der Waals surface area contributed by atoms with Crippen LogP contribution in [0.3, 0.4) is 0 Å². The van der Waals surface area contributed by atoms with Gasteiger partial charge < -0.3 is 15.7 Å². The third-order valence-corrected chi connectivity index (χ3v) is 6.93. The van der Waals surface area contributed by atoms with Gasteiger partial charge in [0.1, 0.15) is 11.4 Å². The summed E-state index contributed by atoms with van der Waals surface area (Å²) in [5.74, 6) is -0.0331. The SMILES string of the molecule is Cc1ccccc1-c1cc(CN2CCNC(C)C2)cc2c1CNC(=O)N2c1c(O)cccc1Cl. The van der Waals surface area contributed by atoms with Crippen LogP contribution >= 0.6 is 11.6 Å². The minimum Gasteiger partial charge on any atom is -0.506 e. The number of anilines is 2. The number of nitrogens with one attached hydrogen (secondary N) is 2. The predicted octanol–water partition coefficient (Wildman–Crippen LogP) is 5.18. The van der Waals surface area contributed by atoms with Gasteiger partial charge in [-0.25, -0.2) is 4.79 Å². The molecule has 1 atom stereocenters. The normalized spacial score (nSPS) is 18.5. The first-order chi connectivity index (χ1) is 16.4. The molecule has 1 fully saturated rings. The van der Waals surface area contributed by atoms with Crippen LogP contribution in [0.4, 0.5) is 16.2 Å². The van der Waals surface area contributed by atoms with Crippen molar-refractivity contribution in [2.45, 2.75) is 33.0 Å². The van der Waals surface area contributed by atoms with E-state index in [1.54, 1.807) is 18.2 Å². The number of para-hydroxylation sites is 1. The molecular weight excluding hydrogens is 448 g/mol. The summed E-state index contributed by atoms with van der Waals surface area (Å²) in [7, 11) is 0. The summed E-state index contributed by atoms with van der Waals surface area (Å²) in [6.07, 6.45) is 0. The van der Waals surface area contributed by atoms with Crippen LogP contribution in [0.25, 0.3) is 11.1 Å². The summed E-state index contributed by atoms with van der Waals surface area (Å²) in [6, 6.07) is 17.7. The third-order valence-electron chi connectivity index (χ3n) is 6.63. The Balaban J connectivity index is 1.69. The number of halogens is 1. The summed E-state index contributed by atoms with van der Waals surface area (Å²) in [6.45, 7) is 8.38. The van der Waals surface area contributed by atoms with Crippen molar-refractivity contribution in [2.75, 3.05) is 24.5 Å². The van der Waals surface area contributed by atoms with Crippen LogP contribution in [0.2, 0.25) is 5.02 Å². The molecule has 2 aliphatic heterocycles. The molecule has 0 aromatic heterocycles. The van der Waals surface area contributed by atoms with E-state index in [1.807, 2.05) is 12.1 Å². The molecule has 34 heavy (non-hydrogen) atoms. The zero-order chi connectivity index (χ0) is 23.8. The first-order valence-corrected chi connectivity index (χ1v) is 12.0. The fourth-order valence-corrected chi connectivity index (χ4v) is 5.27. The average molecular weight is 477 g/mol. The Labute approximate surface area is 205 Å². The lowest BCUT2D eigenvalue weighted by Gasteiger charge is -2.35. The van der Waals surface area contributed by atoms with Crippen LogP contribution in [0, 0.1) is 6.92 Å². The molecule has 2 amide bonds. The van der Waals surface area contributed by atoms with Crippen molar-refractivity contribution in [3.8, 4) is 16.9 Å². The summed E-state index contributed by atoms with van der Waals surface area (Å²) in [5, 5.41) is 17.4. The molecule has 2 aliphatic rings. The van der Waals surface area contributed by atoms with Crippen LogP contribution in [0.15, 0.2) is 54.6 Å². The second kappa shape index (κ2) is 9.29. The maximum Gasteiger partial charge on any atom is 0.326 e. The Morgan fingerprint density at radius 2 is 1.94 bits per heavy atom. The number of aryl methyl sites for hydroxylation is 1. The lowest BCUT2D eigenvalue weighted by atomic mass is 9.91. The maximum absolute atomic E-state index is 13.1. The predicted molar refractivity (Wildman–Crippen MR) is 137 cm³/mol. The van der Waals surface area contributed by atoms with Crippen molar-refractivity contribution in [3.63, 3.8) is 0 Å². The van der Waals surface area contributed by atoms with E-state index in [-0.39, 0.29) is 11.8 Å². The Bertz CT molecular complexity index is 1230. The summed E-state index contributed by atoms with van der Waals surface area (Å²) in [5.41, 5.74) is 6.57. The second-order valence-corrected chi connectivity index (χ2v) is 9.56. The van der Waals surface area contributed by atoms with Crippen molar-refractivity contribution in [1.29, 1.82) is 0 Å². The molecule has 0 radical (unpaired) electrons.